The molecule has 8 heteroatoms. The van der Waals surface area contributed by atoms with E-state index in [0.29, 0.717) is 30.2 Å². The van der Waals surface area contributed by atoms with Gasteiger partial charge in [0.05, 0.1) is 11.3 Å². The molecule has 3 aromatic rings. The van der Waals surface area contributed by atoms with E-state index in [-0.39, 0.29) is 17.3 Å². The Hall–Kier alpha value is -3.16. The number of nitrogens with one attached hydrogen (secondary N) is 2. The number of hydrogen-bond donors (Lipinski definition) is 2. The smallest absolute Gasteiger partial charge is 0.370 e. The summed E-state index contributed by atoms with van der Waals surface area (Å²) in [6.45, 7) is 2.05. The molecule has 0 aliphatic rings. The van der Waals surface area contributed by atoms with Crippen molar-refractivity contribution in [1.82, 2.24) is 9.97 Å². The van der Waals surface area contributed by atoms with Crippen LogP contribution in [-0.4, -0.2) is 16.5 Å². The van der Waals surface area contributed by atoms with Gasteiger partial charge in [-0.1, -0.05) is 30.3 Å². The second-order valence-electron chi connectivity index (χ2n) is 6.12. The van der Waals surface area contributed by atoms with Gasteiger partial charge in [0.15, 0.2) is 0 Å². The van der Waals surface area contributed by atoms with E-state index in [2.05, 4.69) is 20.6 Å². The minimum absolute atomic E-state index is 0.0922. The van der Waals surface area contributed by atoms with Crippen molar-refractivity contribution in [2.45, 2.75) is 19.5 Å². The molecule has 28 heavy (non-hydrogen) atoms. The zero-order valence-corrected chi connectivity index (χ0v) is 15.0. The fourth-order valence-corrected chi connectivity index (χ4v) is 2.73. The van der Waals surface area contributed by atoms with Gasteiger partial charge in [0.1, 0.15) is 23.3 Å². The quantitative estimate of drug-likeness (QED) is 0.558. The molecule has 1 heterocycles. The molecule has 0 amide bonds. The molecule has 0 bridgehead atoms. The Kier molecular flexibility index (Phi) is 5.77. The molecule has 0 spiro atoms. The molecule has 0 radical (unpaired) electrons. The molecule has 0 saturated heterocycles. The van der Waals surface area contributed by atoms with Crippen molar-refractivity contribution in [1.29, 1.82) is 0 Å². The van der Waals surface area contributed by atoms with E-state index < -0.39 is 11.7 Å². The maximum absolute atomic E-state index is 13.7. The lowest BCUT2D eigenvalue weighted by Crippen LogP contribution is -2.11. The van der Waals surface area contributed by atoms with Crippen LogP contribution in [-0.2, 0) is 12.6 Å². The molecular weight excluding hydrogens is 372 g/mol. The molecule has 146 valence electrons. The molecular formula is C20H18F4N4. The number of rotatable bonds is 6. The van der Waals surface area contributed by atoms with Crippen molar-refractivity contribution in [2.24, 2.45) is 0 Å². The third kappa shape index (κ3) is 4.97. The predicted octanol–water partition coefficient (Wildman–Crippen LogP) is 5.34. The van der Waals surface area contributed by atoms with Crippen LogP contribution in [0.25, 0.3) is 0 Å². The van der Waals surface area contributed by atoms with E-state index in [4.69, 9.17) is 0 Å². The summed E-state index contributed by atoms with van der Waals surface area (Å²) in [6.07, 6.45) is -4.04. The van der Waals surface area contributed by atoms with Gasteiger partial charge in [0, 0.05) is 12.6 Å². The van der Waals surface area contributed by atoms with Crippen LogP contribution < -0.4 is 10.6 Å². The molecule has 0 unspecified atom stereocenters. The van der Waals surface area contributed by atoms with Crippen molar-refractivity contribution >= 4 is 17.3 Å². The summed E-state index contributed by atoms with van der Waals surface area (Å²) in [7, 11) is 0. The van der Waals surface area contributed by atoms with Crippen LogP contribution >= 0.6 is 0 Å². The lowest BCUT2D eigenvalue weighted by Gasteiger charge is -2.15. The van der Waals surface area contributed by atoms with E-state index in [1.54, 1.807) is 25.1 Å². The van der Waals surface area contributed by atoms with Crippen LogP contribution in [0.2, 0.25) is 0 Å². The average Bonchev–Trinajstić information content (AvgIpc) is 2.62. The summed E-state index contributed by atoms with van der Waals surface area (Å²) in [5, 5.41) is 5.76. The highest BCUT2D eigenvalue weighted by atomic mass is 19.4. The molecule has 4 nitrogen and oxygen atoms in total. The molecule has 0 saturated carbocycles. The highest BCUT2D eigenvalue weighted by Gasteiger charge is 2.33. The number of anilines is 3. The standard InChI is InChI=1S/C20H18F4N4/c1-13-26-18(25-11-10-14-6-2-4-8-16(14)21)12-19(27-13)28-17-9-5-3-7-15(17)20(22,23)24/h2-9,12H,10-11H2,1H3,(H2,25,26,27,28). The lowest BCUT2D eigenvalue weighted by molar-refractivity contribution is -0.136. The number of aryl methyl sites for hydroxylation is 1. The minimum atomic E-state index is -4.48. The zero-order valence-electron chi connectivity index (χ0n) is 15.0. The van der Waals surface area contributed by atoms with E-state index >= 15 is 0 Å². The van der Waals surface area contributed by atoms with Gasteiger partial charge in [-0.2, -0.15) is 13.2 Å². The first-order valence-corrected chi connectivity index (χ1v) is 8.59. The normalized spacial score (nSPS) is 11.3. The first-order chi connectivity index (χ1) is 13.3. The second-order valence-corrected chi connectivity index (χ2v) is 6.12. The number of halogens is 4. The van der Waals surface area contributed by atoms with Crippen LogP contribution in [0.5, 0.6) is 0 Å². The topological polar surface area (TPSA) is 49.8 Å². The molecule has 0 atom stereocenters. The van der Waals surface area contributed by atoms with Crippen molar-refractivity contribution in [2.75, 3.05) is 17.2 Å². The van der Waals surface area contributed by atoms with E-state index in [1.807, 2.05) is 0 Å². The summed E-state index contributed by atoms with van der Waals surface area (Å²) < 4.78 is 53.1. The van der Waals surface area contributed by atoms with Crippen molar-refractivity contribution in [3.8, 4) is 0 Å². The monoisotopic (exact) mass is 390 g/mol. The maximum atomic E-state index is 13.7. The van der Waals surface area contributed by atoms with Crippen molar-refractivity contribution in [3.05, 3.63) is 77.4 Å². The number of hydrogen-bond acceptors (Lipinski definition) is 4. The summed E-state index contributed by atoms with van der Waals surface area (Å²) >= 11 is 0. The fourth-order valence-electron chi connectivity index (χ4n) is 2.73. The van der Waals surface area contributed by atoms with Gasteiger partial charge in [-0.15, -0.1) is 0 Å². The van der Waals surface area contributed by atoms with Crippen molar-refractivity contribution in [3.63, 3.8) is 0 Å². The minimum Gasteiger partial charge on any atom is -0.370 e. The van der Waals surface area contributed by atoms with Gasteiger partial charge in [0.25, 0.3) is 0 Å². The summed E-state index contributed by atoms with van der Waals surface area (Å²) in [5.41, 5.74) is -0.302. The fraction of sp³-hybridized carbons (Fsp3) is 0.200. The van der Waals surface area contributed by atoms with Gasteiger partial charge in [0.2, 0.25) is 0 Å². The Morgan fingerprint density at radius 1 is 0.929 bits per heavy atom. The second kappa shape index (κ2) is 8.24. The van der Waals surface area contributed by atoms with E-state index in [1.165, 1.54) is 30.3 Å². The van der Waals surface area contributed by atoms with Gasteiger partial charge in [-0.3, -0.25) is 0 Å². The van der Waals surface area contributed by atoms with Gasteiger partial charge in [-0.05, 0) is 37.1 Å². The van der Waals surface area contributed by atoms with Crippen LogP contribution in [0.1, 0.15) is 17.0 Å². The predicted molar refractivity (Wildman–Crippen MR) is 100 cm³/mol. The molecule has 0 aliphatic carbocycles. The number of alkyl halides is 3. The van der Waals surface area contributed by atoms with Gasteiger partial charge < -0.3 is 10.6 Å². The Morgan fingerprint density at radius 2 is 1.61 bits per heavy atom. The third-order valence-electron chi connectivity index (χ3n) is 3.99. The van der Waals surface area contributed by atoms with Gasteiger partial charge >= 0.3 is 6.18 Å². The Labute approximate surface area is 159 Å². The lowest BCUT2D eigenvalue weighted by atomic mass is 10.1. The van der Waals surface area contributed by atoms with E-state index in [0.717, 1.165) is 6.07 Å². The van der Waals surface area contributed by atoms with Crippen LogP contribution in [0.3, 0.4) is 0 Å². The number of benzene rings is 2. The summed E-state index contributed by atoms with van der Waals surface area (Å²) in [5.74, 6) is 0.783. The summed E-state index contributed by atoms with van der Waals surface area (Å²) in [4.78, 5) is 8.37. The Morgan fingerprint density at radius 3 is 2.36 bits per heavy atom. The molecule has 3 rings (SSSR count). The number of nitrogens with zero attached hydrogens (tertiary/aromatic N) is 2. The molecule has 2 aromatic carbocycles. The number of para-hydroxylation sites is 1. The molecule has 1 aromatic heterocycles. The number of aromatic nitrogens is 2. The van der Waals surface area contributed by atoms with Crippen LogP contribution in [0.4, 0.5) is 34.9 Å². The maximum Gasteiger partial charge on any atom is 0.418 e. The highest BCUT2D eigenvalue weighted by Crippen LogP contribution is 2.35. The Balaban J connectivity index is 1.73. The molecule has 2 N–H and O–H groups in total. The Bertz CT molecular complexity index is 957. The largest absolute Gasteiger partial charge is 0.418 e. The summed E-state index contributed by atoms with van der Waals surface area (Å²) in [6, 6.07) is 13.2. The molecule has 0 aliphatic heterocycles. The van der Waals surface area contributed by atoms with Crippen LogP contribution in [0.15, 0.2) is 54.6 Å². The highest BCUT2D eigenvalue weighted by molar-refractivity contribution is 5.63. The third-order valence-corrected chi connectivity index (χ3v) is 3.99. The van der Waals surface area contributed by atoms with Gasteiger partial charge in [-0.25, -0.2) is 14.4 Å². The first kappa shape index (κ1) is 19.6. The first-order valence-electron chi connectivity index (χ1n) is 8.59. The average molecular weight is 390 g/mol. The van der Waals surface area contributed by atoms with Crippen molar-refractivity contribution < 1.29 is 17.6 Å². The molecule has 0 fully saturated rings. The SMILES string of the molecule is Cc1nc(NCCc2ccccc2F)cc(Nc2ccccc2C(F)(F)F)n1. The van der Waals surface area contributed by atoms with E-state index in [9.17, 15) is 17.6 Å². The zero-order chi connectivity index (χ0) is 20.1. The van der Waals surface area contributed by atoms with Crippen LogP contribution in [0, 0.1) is 12.7 Å².